The van der Waals surface area contributed by atoms with E-state index >= 15 is 0 Å². The fraction of sp³-hybridized carbons (Fsp3) is 0.600. The lowest BCUT2D eigenvalue weighted by Crippen LogP contribution is -2.34. The van der Waals surface area contributed by atoms with Crippen molar-refractivity contribution in [2.24, 2.45) is 5.92 Å². The summed E-state index contributed by atoms with van der Waals surface area (Å²) >= 11 is 0. The van der Waals surface area contributed by atoms with Crippen LogP contribution in [0.5, 0.6) is 11.5 Å². The van der Waals surface area contributed by atoms with Gasteiger partial charge < -0.3 is 15.5 Å². The van der Waals surface area contributed by atoms with Gasteiger partial charge in [-0.25, -0.2) is 0 Å². The lowest BCUT2D eigenvalue weighted by Gasteiger charge is -2.25. The van der Waals surface area contributed by atoms with Crippen LogP contribution in [0.3, 0.4) is 0 Å². The molecule has 1 aliphatic carbocycles. The molecule has 1 saturated carbocycles. The number of hydrogen-bond acceptors (Lipinski definition) is 3. The smallest absolute Gasteiger partial charge is 0.120 e. The highest BCUT2D eigenvalue weighted by Crippen LogP contribution is 2.31. The average Bonchev–Trinajstić information content (AvgIpc) is 2.85. The van der Waals surface area contributed by atoms with E-state index in [1.807, 2.05) is 6.92 Å². The van der Waals surface area contributed by atoms with Gasteiger partial charge >= 0.3 is 0 Å². The SMILES string of the molecule is CC(NC(C)C1CCCC1)c1cc(O)ccc1O. The quantitative estimate of drug-likeness (QED) is 0.717. The van der Waals surface area contributed by atoms with Crippen LogP contribution in [0.15, 0.2) is 18.2 Å². The lowest BCUT2D eigenvalue weighted by molar-refractivity contribution is 0.346. The fourth-order valence-electron chi connectivity index (χ4n) is 2.97. The molecule has 1 aliphatic rings. The number of nitrogens with one attached hydrogen (secondary N) is 1. The van der Waals surface area contributed by atoms with Gasteiger partial charge in [0.05, 0.1) is 0 Å². The van der Waals surface area contributed by atoms with Gasteiger partial charge in [0.2, 0.25) is 0 Å². The highest BCUT2D eigenvalue weighted by Gasteiger charge is 2.23. The van der Waals surface area contributed by atoms with Gasteiger partial charge in [-0.1, -0.05) is 12.8 Å². The van der Waals surface area contributed by atoms with Crippen LogP contribution in [-0.2, 0) is 0 Å². The largest absolute Gasteiger partial charge is 0.508 e. The first kappa shape index (κ1) is 13.2. The highest BCUT2D eigenvalue weighted by atomic mass is 16.3. The minimum absolute atomic E-state index is 0.0488. The predicted molar refractivity (Wildman–Crippen MR) is 72.7 cm³/mol. The Morgan fingerprint density at radius 3 is 2.50 bits per heavy atom. The van der Waals surface area contributed by atoms with Crippen LogP contribution >= 0.6 is 0 Å². The Morgan fingerprint density at radius 2 is 1.83 bits per heavy atom. The molecule has 2 rings (SSSR count). The summed E-state index contributed by atoms with van der Waals surface area (Å²) in [4.78, 5) is 0. The van der Waals surface area contributed by atoms with E-state index in [1.54, 1.807) is 12.1 Å². The molecule has 2 unspecified atom stereocenters. The van der Waals surface area contributed by atoms with Crippen LogP contribution in [0.2, 0.25) is 0 Å². The molecule has 0 spiro atoms. The molecule has 2 atom stereocenters. The third-order valence-corrected chi connectivity index (χ3v) is 4.10. The molecule has 0 aromatic heterocycles. The molecule has 0 amide bonds. The number of benzene rings is 1. The molecule has 1 fully saturated rings. The van der Waals surface area contributed by atoms with Crippen molar-refractivity contribution in [3.05, 3.63) is 23.8 Å². The van der Waals surface area contributed by atoms with E-state index in [9.17, 15) is 10.2 Å². The first-order valence-electron chi connectivity index (χ1n) is 6.86. The van der Waals surface area contributed by atoms with E-state index in [1.165, 1.54) is 31.7 Å². The van der Waals surface area contributed by atoms with Gasteiger partial charge in [0.1, 0.15) is 11.5 Å². The molecule has 18 heavy (non-hydrogen) atoms. The van der Waals surface area contributed by atoms with E-state index in [-0.39, 0.29) is 17.5 Å². The number of hydrogen-bond donors (Lipinski definition) is 3. The van der Waals surface area contributed by atoms with E-state index in [0.717, 1.165) is 11.5 Å². The molecule has 100 valence electrons. The maximum atomic E-state index is 9.83. The van der Waals surface area contributed by atoms with Crippen molar-refractivity contribution in [1.29, 1.82) is 0 Å². The third-order valence-electron chi connectivity index (χ3n) is 4.10. The Balaban J connectivity index is 2.02. The normalized spacial score (nSPS) is 19.9. The summed E-state index contributed by atoms with van der Waals surface area (Å²) < 4.78 is 0. The van der Waals surface area contributed by atoms with Gasteiger partial charge in [-0.2, -0.15) is 0 Å². The van der Waals surface area contributed by atoms with Crippen LogP contribution in [0.25, 0.3) is 0 Å². The van der Waals surface area contributed by atoms with Crippen molar-refractivity contribution in [2.75, 3.05) is 0 Å². The lowest BCUT2D eigenvalue weighted by atomic mass is 9.97. The zero-order valence-electron chi connectivity index (χ0n) is 11.2. The van der Waals surface area contributed by atoms with Gasteiger partial charge in [0.25, 0.3) is 0 Å². The molecule has 0 bridgehead atoms. The second kappa shape index (κ2) is 5.61. The van der Waals surface area contributed by atoms with Crippen LogP contribution < -0.4 is 5.32 Å². The van der Waals surface area contributed by atoms with E-state index in [0.29, 0.717) is 6.04 Å². The van der Waals surface area contributed by atoms with Crippen LogP contribution in [0, 0.1) is 5.92 Å². The van der Waals surface area contributed by atoms with Crippen molar-refractivity contribution in [1.82, 2.24) is 5.32 Å². The van der Waals surface area contributed by atoms with Gasteiger partial charge in [-0.15, -0.1) is 0 Å². The Labute approximate surface area is 109 Å². The predicted octanol–water partition coefficient (Wildman–Crippen LogP) is 3.33. The zero-order valence-corrected chi connectivity index (χ0v) is 11.2. The van der Waals surface area contributed by atoms with Crippen molar-refractivity contribution in [3.63, 3.8) is 0 Å². The summed E-state index contributed by atoms with van der Waals surface area (Å²) in [5, 5.41) is 22.9. The van der Waals surface area contributed by atoms with Crippen molar-refractivity contribution in [2.45, 2.75) is 51.6 Å². The maximum Gasteiger partial charge on any atom is 0.120 e. The summed E-state index contributed by atoms with van der Waals surface area (Å²) in [6, 6.07) is 5.18. The Bertz CT molecular complexity index is 399. The van der Waals surface area contributed by atoms with E-state index in [2.05, 4.69) is 12.2 Å². The number of aromatic hydroxyl groups is 2. The summed E-state index contributed by atoms with van der Waals surface area (Å²) in [5.41, 5.74) is 0.764. The summed E-state index contributed by atoms with van der Waals surface area (Å²) in [6.45, 7) is 4.24. The van der Waals surface area contributed by atoms with Crippen molar-refractivity contribution >= 4 is 0 Å². The standard InChI is InChI=1S/C15H23NO2/c1-10(12-5-3-4-6-12)16-11(2)14-9-13(17)7-8-15(14)18/h7-12,16-18H,3-6H2,1-2H3. The summed E-state index contributed by atoms with van der Waals surface area (Å²) in [7, 11) is 0. The summed E-state index contributed by atoms with van der Waals surface area (Å²) in [6.07, 6.45) is 5.27. The molecule has 3 nitrogen and oxygen atoms in total. The first-order chi connectivity index (χ1) is 8.58. The number of phenolic OH excluding ortho intramolecular Hbond substituents is 2. The molecule has 1 aromatic carbocycles. The van der Waals surface area contributed by atoms with E-state index in [4.69, 9.17) is 0 Å². The Kier molecular flexibility index (Phi) is 4.12. The van der Waals surface area contributed by atoms with Crippen LogP contribution in [0.1, 0.15) is 51.1 Å². The fourth-order valence-corrected chi connectivity index (χ4v) is 2.97. The van der Waals surface area contributed by atoms with Crippen molar-refractivity contribution < 1.29 is 10.2 Å². The monoisotopic (exact) mass is 249 g/mol. The second-order valence-corrected chi connectivity index (χ2v) is 5.46. The Morgan fingerprint density at radius 1 is 1.17 bits per heavy atom. The van der Waals surface area contributed by atoms with E-state index < -0.39 is 0 Å². The van der Waals surface area contributed by atoms with Gasteiger partial charge in [0, 0.05) is 17.6 Å². The van der Waals surface area contributed by atoms with Gasteiger partial charge in [0.15, 0.2) is 0 Å². The number of rotatable bonds is 4. The molecule has 0 saturated heterocycles. The second-order valence-electron chi connectivity index (χ2n) is 5.46. The average molecular weight is 249 g/mol. The topological polar surface area (TPSA) is 52.5 Å². The molecule has 0 radical (unpaired) electrons. The molecule has 3 N–H and O–H groups in total. The van der Waals surface area contributed by atoms with Crippen LogP contribution in [-0.4, -0.2) is 16.3 Å². The summed E-state index contributed by atoms with van der Waals surface area (Å²) in [5.74, 6) is 1.18. The molecule has 0 heterocycles. The molecule has 3 heteroatoms. The van der Waals surface area contributed by atoms with Crippen molar-refractivity contribution in [3.8, 4) is 11.5 Å². The first-order valence-corrected chi connectivity index (χ1v) is 6.86. The third kappa shape index (κ3) is 2.96. The van der Waals surface area contributed by atoms with Gasteiger partial charge in [-0.3, -0.25) is 0 Å². The van der Waals surface area contributed by atoms with Gasteiger partial charge in [-0.05, 0) is 50.8 Å². The Hall–Kier alpha value is -1.22. The minimum atomic E-state index is 0.0488. The van der Waals surface area contributed by atoms with Crippen LogP contribution in [0.4, 0.5) is 0 Å². The highest BCUT2D eigenvalue weighted by molar-refractivity contribution is 5.40. The molecule has 0 aliphatic heterocycles. The zero-order chi connectivity index (χ0) is 13.1. The molecule has 1 aromatic rings. The number of phenols is 2. The molecular formula is C15H23NO2. The maximum absolute atomic E-state index is 9.83. The minimum Gasteiger partial charge on any atom is -0.508 e. The molecular weight excluding hydrogens is 226 g/mol.